The van der Waals surface area contributed by atoms with E-state index < -0.39 is 0 Å². The Bertz CT molecular complexity index is 878. The van der Waals surface area contributed by atoms with Gasteiger partial charge >= 0.3 is 0 Å². The number of aromatic nitrogens is 2. The average Bonchev–Trinajstić information content (AvgIpc) is 3.08. The van der Waals surface area contributed by atoms with E-state index in [1.54, 1.807) is 12.4 Å². The van der Waals surface area contributed by atoms with E-state index in [9.17, 15) is 5.11 Å². The number of nitrogens with zero attached hydrogens (tertiary/aromatic N) is 2. The Labute approximate surface area is 157 Å². The number of methoxy groups -OCH3 is 1. The maximum absolute atomic E-state index is 10.3. The van der Waals surface area contributed by atoms with Crippen molar-refractivity contribution in [2.75, 3.05) is 20.3 Å². The summed E-state index contributed by atoms with van der Waals surface area (Å²) in [5.74, 6) is 0.253. The van der Waals surface area contributed by atoms with Gasteiger partial charge < -0.3 is 19.1 Å². The molecule has 0 radical (unpaired) electrons. The summed E-state index contributed by atoms with van der Waals surface area (Å²) in [6.45, 7) is 3.81. The zero-order chi connectivity index (χ0) is 18.5. The number of imidazole rings is 1. The molecule has 0 atom stereocenters. The van der Waals surface area contributed by atoms with Crippen molar-refractivity contribution in [1.82, 2.24) is 9.55 Å². The van der Waals surface area contributed by atoms with Crippen LogP contribution in [-0.4, -0.2) is 35.0 Å². The molecule has 0 saturated carbocycles. The fourth-order valence-electron chi connectivity index (χ4n) is 2.84. The molecule has 0 amide bonds. The minimum Gasteiger partial charge on any atom is -0.503 e. The Morgan fingerprint density at radius 2 is 1.92 bits per heavy atom. The Hall–Kier alpha value is -2.50. The number of rotatable bonds is 7. The van der Waals surface area contributed by atoms with Crippen LogP contribution >= 0.6 is 11.6 Å². The maximum atomic E-state index is 10.3. The summed E-state index contributed by atoms with van der Waals surface area (Å²) in [6.07, 6.45) is 1.77. The molecule has 0 saturated heterocycles. The maximum Gasteiger partial charge on any atom is 0.177 e. The van der Waals surface area contributed by atoms with Crippen LogP contribution < -0.4 is 4.74 Å². The number of hydrogen-bond acceptors (Lipinski definition) is 4. The lowest BCUT2D eigenvalue weighted by atomic mass is 10.0. The van der Waals surface area contributed by atoms with E-state index in [0.29, 0.717) is 31.1 Å². The SMILES string of the molecule is CCOCCn1cnc(-c2ccccc2)c1-c1ccc(OC)c(O)c1Cl. The number of benzene rings is 2. The van der Waals surface area contributed by atoms with Crippen molar-refractivity contribution < 1.29 is 14.6 Å². The lowest BCUT2D eigenvalue weighted by molar-refractivity contribution is 0.139. The standard InChI is InChI=1S/C20H21ClN2O3/c1-3-26-12-11-23-13-22-18(14-7-5-4-6-8-14)19(23)15-9-10-16(25-2)20(24)17(15)21/h4-10,13,24H,3,11-12H2,1-2H3. The third-order valence-corrected chi connectivity index (χ3v) is 4.50. The molecule has 136 valence electrons. The van der Waals surface area contributed by atoms with Gasteiger partial charge in [-0.05, 0) is 19.1 Å². The van der Waals surface area contributed by atoms with Crippen LogP contribution in [0.15, 0.2) is 48.8 Å². The molecule has 0 fully saturated rings. The predicted molar refractivity (Wildman–Crippen MR) is 103 cm³/mol. The number of aromatic hydroxyl groups is 1. The van der Waals surface area contributed by atoms with Gasteiger partial charge in [0.05, 0.1) is 36.5 Å². The van der Waals surface area contributed by atoms with Crippen LogP contribution in [0.5, 0.6) is 11.5 Å². The predicted octanol–water partition coefficient (Wildman–Crippen LogP) is 4.62. The molecule has 0 aliphatic carbocycles. The van der Waals surface area contributed by atoms with Crippen LogP contribution in [0.2, 0.25) is 5.02 Å². The van der Waals surface area contributed by atoms with Gasteiger partial charge in [0.2, 0.25) is 0 Å². The summed E-state index contributed by atoms with van der Waals surface area (Å²) < 4.78 is 12.6. The summed E-state index contributed by atoms with van der Waals surface area (Å²) >= 11 is 6.46. The number of halogens is 1. The van der Waals surface area contributed by atoms with Gasteiger partial charge in [0.15, 0.2) is 11.5 Å². The highest BCUT2D eigenvalue weighted by Crippen LogP contribution is 2.43. The summed E-state index contributed by atoms with van der Waals surface area (Å²) in [5.41, 5.74) is 3.30. The van der Waals surface area contributed by atoms with Crippen molar-refractivity contribution in [3.05, 3.63) is 53.8 Å². The molecule has 6 heteroatoms. The van der Waals surface area contributed by atoms with Crippen molar-refractivity contribution in [3.8, 4) is 34.0 Å². The van der Waals surface area contributed by atoms with Gasteiger partial charge in [0.1, 0.15) is 0 Å². The van der Waals surface area contributed by atoms with E-state index in [2.05, 4.69) is 4.98 Å². The first kappa shape index (κ1) is 18.3. The van der Waals surface area contributed by atoms with Gasteiger partial charge in [-0.1, -0.05) is 41.9 Å². The molecule has 5 nitrogen and oxygen atoms in total. The quantitative estimate of drug-likeness (QED) is 0.615. The smallest absolute Gasteiger partial charge is 0.177 e. The van der Waals surface area contributed by atoms with E-state index in [1.807, 2.05) is 47.9 Å². The van der Waals surface area contributed by atoms with Gasteiger partial charge in [0.25, 0.3) is 0 Å². The molecule has 1 aromatic heterocycles. The van der Waals surface area contributed by atoms with Gasteiger partial charge in [-0.2, -0.15) is 0 Å². The molecular weight excluding hydrogens is 352 g/mol. The van der Waals surface area contributed by atoms with Crippen molar-refractivity contribution >= 4 is 11.6 Å². The van der Waals surface area contributed by atoms with Crippen molar-refractivity contribution in [2.24, 2.45) is 0 Å². The van der Waals surface area contributed by atoms with Gasteiger partial charge in [-0.25, -0.2) is 4.98 Å². The second-order valence-corrected chi connectivity index (χ2v) is 6.05. The topological polar surface area (TPSA) is 56.5 Å². The second-order valence-electron chi connectivity index (χ2n) is 5.68. The number of ether oxygens (including phenoxy) is 2. The summed E-state index contributed by atoms with van der Waals surface area (Å²) in [6, 6.07) is 13.4. The zero-order valence-electron chi connectivity index (χ0n) is 14.8. The van der Waals surface area contributed by atoms with E-state index in [1.165, 1.54) is 7.11 Å². The van der Waals surface area contributed by atoms with Crippen LogP contribution in [0.25, 0.3) is 22.5 Å². The third kappa shape index (κ3) is 3.54. The van der Waals surface area contributed by atoms with E-state index >= 15 is 0 Å². The van der Waals surface area contributed by atoms with E-state index in [0.717, 1.165) is 17.0 Å². The molecule has 3 aromatic rings. The van der Waals surface area contributed by atoms with Crippen molar-refractivity contribution in [2.45, 2.75) is 13.5 Å². The molecule has 0 bridgehead atoms. The molecular formula is C20H21ClN2O3. The fraction of sp³-hybridized carbons (Fsp3) is 0.250. The molecule has 0 aliphatic rings. The summed E-state index contributed by atoms with van der Waals surface area (Å²) in [7, 11) is 1.49. The third-order valence-electron chi connectivity index (χ3n) is 4.12. The van der Waals surface area contributed by atoms with Crippen molar-refractivity contribution in [3.63, 3.8) is 0 Å². The summed E-state index contributed by atoms with van der Waals surface area (Å²) in [5, 5.41) is 10.6. The van der Waals surface area contributed by atoms with Crippen molar-refractivity contribution in [1.29, 1.82) is 0 Å². The van der Waals surface area contributed by atoms with Gasteiger partial charge in [-0.3, -0.25) is 0 Å². The Kier molecular flexibility index (Phi) is 5.81. The highest BCUT2D eigenvalue weighted by molar-refractivity contribution is 6.35. The monoisotopic (exact) mass is 372 g/mol. The van der Waals surface area contributed by atoms with E-state index in [-0.39, 0.29) is 10.8 Å². The zero-order valence-corrected chi connectivity index (χ0v) is 15.5. The normalized spacial score (nSPS) is 10.9. The second kappa shape index (κ2) is 8.25. The van der Waals surface area contributed by atoms with Crippen LogP contribution in [-0.2, 0) is 11.3 Å². The van der Waals surface area contributed by atoms with Crippen LogP contribution in [0.3, 0.4) is 0 Å². The van der Waals surface area contributed by atoms with Gasteiger partial charge in [-0.15, -0.1) is 0 Å². The summed E-state index contributed by atoms with van der Waals surface area (Å²) in [4.78, 5) is 4.59. The first-order chi connectivity index (χ1) is 12.7. The molecule has 3 rings (SSSR count). The highest BCUT2D eigenvalue weighted by atomic mass is 35.5. The Morgan fingerprint density at radius 3 is 2.62 bits per heavy atom. The van der Waals surface area contributed by atoms with Crippen LogP contribution in [0.4, 0.5) is 0 Å². The molecule has 26 heavy (non-hydrogen) atoms. The van der Waals surface area contributed by atoms with Gasteiger partial charge in [0, 0.05) is 24.3 Å². The molecule has 0 spiro atoms. The average molecular weight is 373 g/mol. The van der Waals surface area contributed by atoms with Crippen LogP contribution in [0.1, 0.15) is 6.92 Å². The highest BCUT2D eigenvalue weighted by Gasteiger charge is 2.20. The minimum atomic E-state index is -0.0803. The van der Waals surface area contributed by atoms with E-state index in [4.69, 9.17) is 21.1 Å². The number of hydrogen-bond donors (Lipinski definition) is 1. The first-order valence-corrected chi connectivity index (χ1v) is 8.79. The Morgan fingerprint density at radius 1 is 1.15 bits per heavy atom. The lowest BCUT2D eigenvalue weighted by Crippen LogP contribution is -2.06. The molecule has 1 N–H and O–H groups in total. The molecule has 0 aliphatic heterocycles. The molecule has 1 heterocycles. The minimum absolute atomic E-state index is 0.0803. The molecule has 0 unspecified atom stereocenters. The number of phenolic OH excluding ortho intramolecular Hbond substituents is 1. The van der Waals surface area contributed by atoms with Crippen LogP contribution in [0, 0.1) is 0 Å². The Balaban J connectivity index is 2.14. The number of phenols is 1. The first-order valence-electron chi connectivity index (χ1n) is 8.41. The largest absolute Gasteiger partial charge is 0.503 e. The molecule has 2 aromatic carbocycles. The lowest BCUT2D eigenvalue weighted by Gasteiger charge is -2.14. The fourth-order valence-corrected chi connectivity index (χ4v) is 3.09.